The molecule has 38 heavy (non-hydrogen) atoms. The molecule has 0 bridgehead atoms. The van der Waals surface area contributed by atoms with Gasteiger partial charge in [-0.2, -0.15) is 0 Å². The Bertz CT molecular complexity index is 963. The normalized spacial score (nSPS) is 37.3. The maximum atomic E-state index is 12.1. The number of aliphatic hydroxyl groups excluding tert-OH is 8. The summed E-state index contributed by atoms with van der Waals surface area (Å²) >= 11 is 0. The van der Waals surface area contributed by atoms with Gasteiger partial charge in [-0.3, -0.25) is 10.1 Å². The molecular formula is C21H29NO16. The summed E-state index contributed by atoms with van der Waals surface area (Å²) in [5, 5.41) is 101. The second-order valence-corrected chi connectivity index (χ2v) is 8.84. The number of carboxylic acids is 1. The van der Waals surface area contributed by atoms with E-state index in [1.165, 1.54) is 12.1 Å². The Morgan fingerprint density at radius 1 is 1.08 bits per heavy atom. The van der Waals surface area contributed by atoms with Crippen LogP contribution in [-0.4, -0.2) is 137 Å². The smallest absolute Gasteiger partial charge is 0.364 e. The monoisotopic (exact) mass is 551 g/mol. The van der Waals surface area contributed by atoms with Gasteiger partial charge in [-0.15, -0.1) is 0 Å². The van der Waals surface area contributed by atoms with E-state index in [1.54, 1.807) is 0 Å². The highest BCUT2D eigenvalue weighted by molar-refractivity contribution is 5.76. The van der Waals surface area contributed by atoms with Crippen molar-refractivity contribution in [2.75, 3.05) is 13.2 Å². The zero-order valence-corrected chi connectivity index (χ0v) is 19.5. The van der Waals surface area contributed by atoms with Crippen LogP contribution in [-0.2, 0) is 19.0 Å². The molecule has 3 rings (SSSR count). The molecule has 0 amide bonds. The van der Waals surface area contributed by atoms with E-state index in [0.29, 0.717) is 0 Å². The van der Waals surface area contributed by atoms with E-state index >= 15 is 0 Å². The average molecular weight is 551 g/mol. The summed E-state index contributed by atoms with van der Waals surface area (Å²) in [5.41, 5.74) is -0.252. The van der Waals surface area contributed by atoms with Gasteiger partial charge in [0.2, 0.25) is 6.29 Å². The first-order valence-corrected chi connectivity index (χ1v) is 11.3. The quantitative estimate of drug-likeness (QED) is 0.0984. The molecule has 0 saturated carbocycles. The van der Waals surface area contributed by atoms with E-state index in [-0.39, 0.29) is 11.4 Å². The Morgan fingerprint density at radius 3 is 2.26 bits per heavy atom. The van der Waals surface area contributed by atoms with Gasteiger partial charge in [0, 0.05) is 18.6 Å². The van der Waals surface area contributed by atoms with Gasteiger partial charge < -0.3 is 64.9 Å². The van der Waals surface area contributed by atoms with Crippen LogP contribution >= 0.6 is 0 Å². The van der Waals surface area contributed by atoms with Crippen molar-refractivity contribution in [3.05, 3.63) is 34.4 Å². The number of non-ortho nitro benzene ring substituents is 1. The predicted octanol–water partition coefficient (Wildman–Crippen LogP) is -4.20. The zero-order chi connectivity index (χ0) is 28.4. The summed E-state index contributed by atoms with van der Waals surface area (Å²) < 4.78 is 21.4. The van der Waals surface area contributed by atoms with Crippen molar-refractivity contribution in [1.82, 2.24) is 0 Å². The van der Waals surface area contributed by atoms with Gasteiger partial charge in [-0.1, -0.05) is 0 Å². The molecular weight excluding hydrogens is 522 g/mol. The molecule has 0 spiro atoms. The van der Waals surface area contributed by atoms with Gasteiger partial charge in [0.25, 0.3) is 11.5 Å². The van der Waals surface area contributed by atoms with Crippen LogP contribution in [0.2, 0.25) is 0 Å². The number of hydrogen-bond acceptors (Lipinski definition) is 15. The lowest BCUT2D eigenvalue weighted by Crippen LogP contribution is -2.65. The fraction of sp³-hybridized carbons (Fsp3) is 0.667. The Hall–Kier alpha value is -2.55. The van der Waals surface area contributed by atoms with Crippen molar-refractivity contribution in [3.63, 3.8) is 0 Å². The molecule has 0 aromatic heterocycles. The minimum absolute atomic E-state index is 0.0168. The van der Waals surface area contributed by atoms with Gasteiger partial charge in [0.1, 0.15) is 54.6 Å². The van der Waals surface area contributed by atoms with E-state index in [0.717, 1.165) is 12.1 Å². The largest absolute Gasteiger partial charge is 0.477 e. The molecule has 2 aliphatic heterocycles. The minimum atomic E-state index is -2.75. The number of nitro groups is 1. The summed E-state index contributed by atoms with van der Waals surface area (Å²) in [5.74, 6) is -4.60. The first kappa shape index (κ1) is 30.0. The van der Waals surface area contributed by atoms with E-state index in [1.807, 2.05) is 0 Å². The molecule has 11 atom stereocenters. The number of benzene rings is 1. The highest BCUT2D eigenvalue weighted by Crippen LogP contribution is 2.34. The van der Waals surface area contributed by atoms with Gasteiger partial charge in [-0.25, -0.2) is 4.79 Å². The first-order chi connectivity index (χ1) is 17.8. The highest BCUT2D eigenvalue weighted by Gasteiger charge is 2.56. The molecule has 2 fully saturated rings. The van der Waals surface area contributed by atoms with Gasteiger partial charge in [0.05, 0.1) is 24.2 Å². The number of ether oxygens (including phenoxy) is 4. The molecule has 2 saturated heterocycles. The fourth-order valence-corrected chi connectivity index (χ4v) is 3.99. The summed E-state index contributed by atoms with van der Waals surface area (Å²) in [4.78, 5) is 22.2. The molecule has 9 N–H and O–H groups in total. The average Bonchev–Trinajstić information content (AvgIpc) is 2.89. The lowest BCUT2D eigenvalue weighted by molar-refractivity contribution is -0.384. The number of hydrogen-bond donors (Lipinski definition) is 9. The van der Waals surface area contributed by atoms with Gasteiger partial charge in [0.15, 0.2) is 0 Å². The van der Waals surface area contributed by atoms with Crippen LogP contribution in [0.25, 0.3) is 0 Å². The molecule has 17 nitrogen and oxygen atoms in total. The Balaban J connectivity index is 1.76. The Labute approximate surface area is 213 Å². The number of aliphatic carboxylic acids is 1. The maximum Gasteiger partial charge on any atom is 0.364 e. The molecule has 1 aromatic rings. The van der Waals surface area contributed by atoms with Gasteiger partial charge >= 0.3 is 5.97 Å². The standard InChI is InChI=1S/C21H29NO16/c23-6-11(25)14(27)18-13(26)10(24)5-21(38-18,20(31)32)35-7-12-15(28)16(29)17(30)19(37-12)36-9-3-1-8(2-4-9)22(33)34/h1-4,10-19,23-30H,5-7H2,(H,31,32)/t10-,11-,12?,13-,14-,15+,16?,17?,18?,19-,21-/m1/s1. The zero-order valence-electron chi connectivity index (χ0n) is 19.5. The first-order valence-electron chi connectivity index (χ1n) is 11.3. The molecule has 2 aliphatic rings. The third-order valence-corrected chi connectivity index (χ3v) is 6.23. The predicted molar refractivity (Wildman–Crippen MR) is 117 cm³/mol. The van der Waals surface area contributed by atoms with Gasteiger partial charge in [-0.05, 0) is 12.1 Å². The number of nitrogens with zero attached hydrogens (tertiary/aromatic N) is 1. The lowest BCUT2D eigenvalue weighted by Gasteiger charge is -2.46. The van der Waals surface area contributed by atoms with Crippen LogP contribution in [0.1, 0.15) is 6.42 Å². The van der Waals surface area contributed by atoms with E-state index in [2.05, 4.69) is 0 Å². The Kier molecular flexibility index (Phi) is 9.55. The van der Waals surface area contributed by atoms with Crippen LogP contribution in [0.4, 0.5) is 5.69 Å². The van der Waals surface area contributed by atoms with Crippen LogP contribution in [0.5, 0.6) is 5.75 Å². The SMILES string of the molecule is O=C(O)[C@@]1(OCC2O[C@@H](Oc3ccc([N+](=O)[O-])cc3)C(O)C(O)[C@H]2O)C[C@@H](O)[C@@H](O)C([C@H](O)[C@H](O)CO)O1. The minimum Gasteiger partial charge on any atom is -0.477 e. The second kappa shape index (κ2) is 12.1. The highest BCUT2D eigenvalue weighted by atomic mass is 16.7. The molecule has 214 valence electrons. The van der Waals surface area contributed by atoms with Crippen molar-refractivity contribution in [1.29, 1.82) is 0 Å². The van der Waals surface area contributed by atoms with E-state index < -0.39 is 97.5 Å². The van der Waals surface area contributed by atoms with Crippen molar-refractivity contribution in [3.8, 4) is 5.75 Å². The van der Waals surface area contributed by atoms with Crippen molar-refractivity contribution in [2.24, 2.45) is 0 Å². The molecule has 1 aromatic carbocycles. The number of nitro benzene ring substituents is 1. The molecule has 0 aliphatic carbocycles. The third-order valence-electron chi connectivity index (χ3n) is 6.23. The molecule has 4 unspecified atom stereocenters. The van der Waals surface area contributed by atoms with Crippen LogP contribution in [0.3, 0.4) is 0 Å². The molecule has 0 radical (unpaired) electrons. The molecule has 2 heterocycles. The second-order valence-electron chi connectivity index (χ2n) is 8.84. The van der Waals surface area contributed by atoms with Crippen molar-refractivity contribution >= 4 is 11.7 Å². The molecule has 17 heteroatoms. The fourth-order valence-electron chi connectivity index (χ4n) is 3.99. The topological polar surface area (TPSA) is 279 Å². The lowest BCUT2D eigenvalue weighted by atomic mass is 9.90. The van der Waals surface area contributed by atoms with Crippen LogP contribution < -0.4 is 4.74 Å². The summed E-state index contributed by atoms with van der Waals surface area (Å²) in [7, 11) is 0. The summed E-state index contributed by atoms with van der Waals surface area (Å²) in [6.45, 7) is -1.84. The van der Waals surface area contributed by atoms with Crippen molar-refractivity contribution in [2.45, 2.75) is 73.4 Å². The maximum absolute atomic E-state index is 12.1. The Morgan fingerprint density at radius 2 is 1.71 bits per heavy atom. The summed E-state index contributed by atoms with van der Waals surface area (Å²) in [6, 6.07) is 4.58. The van der Waals surface area contributed by atoms with Crippen LogP contribution in [0, 0.1) is 10.1 Å². The van der Waals surface area contributed by atoms with Crippen LogP contribution in [0.15, 0.2) is 24.3 Å². The number of aliphatic hydroxyl groups is 8. The third kappa shape index (κ3) is 6.19. The number of rotatable bonds is 10. The van der Waals surface area contributed by atoms with Crippen molar-refractivity contribution < 1.29 is 74.6 Å². The van der Waals surface area contributed by atoms with E-state index in [4.69, 9.17) is 24.1 Å². The number of carbonyl (C=O) groups is 1. The summed E-state index contributed by atoms with van der Waals surface area (Å²) in [6.07, 6.45) is -19.2. The number of carboxylic acid groups (broad SMARTS) is 1. The van der Waals surface area contributed by atoms with E-state index in [9.17, 15) is 55.8 Å².